The molecule has 6 nitrogen and oxygen atoms in total. The Morgan fingerprint density at radius 3 is 2.52 bits per heavy atom. The smallest absolute Gasteiger partial charge is 0.417 e. The number of hydrogen-bond donors (Lipinski definition) is 2. The fourth-order valence-corrected chi connectivity index (χ4v) is 3.30. The molecule has 3 rings (SSSR count). The SMILES string of the molecule is CCNC(=NCCOc1ccc(C(F)(F)F)cn1)NC1CCN(C2CC2)CC1.I. The third-order valence-corrected chi connectivity index (χ3v) is 4.95. The standard InChI is InChI=1S/C19H28F3N5O.HI/c1-2-23-18(26-15-7-10-27(11-8-15)16-4-5-16)24-9-12-28-17-6-3-14(13-25-17)19(20,21)22;/h3,6,13,15-16H,2,4-5,7-12H2,1H3,(H2,23,24,26);1H. The van der Waals surface area contributed by atoms with Crippen molar-refractivity contribution in [2.75, 3.05) is 32.8 Å². The second-order valence-electron chi connectivity index (χ2n) is 7.18. The monoisotopic (exact) mass is 527 g/mol. The zero-order chi connectivity index (χ0) is 20.0. The van der Waals surface area contributed by atoms with Crippen LogP contribution in [0.15, 0.2) is 23.3 Å². The van der Waals surface area contributed by atoms with Crippen molar-refractivity contribution in [1.29, 1.82) is 0 Å². The van der Waals surface area contributed by atoms with Crippen molar-refractivity contribution in [3.05, 3.63) is 23.9 Å². The Morgan fingerprint density at radius 2 is 1.97 bits per heavy atom. The van der Waals surface area contributed by atoms with E-state index in [9.17, 15) is 13.2 Å². The van der Waals surface area contributed by atoms with Gasteiger partial charge in [0.2, 0.25) is 5.88 Å². The molecule has 29 heavy (non-hydrogen) atoms. The molecule has 1 saturated carbocycles. The summed E-state index contributed by atoms with van der Waals surface area (Å²) in [5.74, 6) is 0.907. The Labute approximate surface area is 186 Å². The van der Waals surface area contributed by atoms with Crippen LogP contribution in [-0.2, 0) is 6.18 Å². The average Bonchev–Trinajstić information content (AvgIpc) is 3.51. The number of nitrogens with one attached hydrogen (secondary N) is 2. The Balaban J connectivity index is 0.00000300. The fourth-order valence-electron chi connectivity index (χ4n) is 3.30. The minimum atomic E-state index is -4.39. The number of piperidine rings is 1. The first-order valence-corrected chi connectivity index (χ1v) is 9.90. The number of likely N-dealkylation sites (tertiary alicyclic amines) is 1. The molecule has 2 aliphatic rings. The molecular weight excluding hydrogens is 498 g/mol. The molecule has 2 heterocycles. The summed E-state index contributed by atoms with van der Waals surface area (Å²) in [5, 5.41) is 6.70. The lowest BCUT2D eigenvalue weighted by Gasteiger charge is -2.33. The van der Waals surface area contributed by atoms with E-state index in [-0.39, 0.29) is 36.5 Å². The van der Waals surface area contributed by atoms with Crippen LogP contribution in [0.4, 0.5) is 13.2 Å². The van der Waals surface area contributed by atoms with Gasteiger partial charge in [0.05, 0.1) is 12.1 Å². The van der Waals surface area contributed by atoms with Gasteiger partial charge in [-0.15, -0.1) is 24.0 Å². The van der Waals surface area contributed by atoms with Gasteiger partial charge in [0.25, 0.3) is 0 Å². The number of aromatic nitrogens is 1. The van der Waals surface area contributed by atoms with E-state index in [1.165, 1.54) is 18.9 Å². The number of rotatable bonds is 7. The number of halogens is 4. The van der Waals surface area contributed by atoms with Crippen molar-refractivity contribution in [2.45, 2.75) is 50.9 Å². The van der Waals surface area contributed by atoms with Crippen LogP contribution >= 0.6 is 24.0 Å². The van der Waals surface area contributed by atoms with Gasteiger partial charge < -0.3 is 20.3 Å². The molecule has 164 valence electrons. The highest BCUT2D eigenvalue weighted by molar-refractivity contribution is 14.0. The molecule has 10 heteroatoms. The number of alkyl halides is 3. The summed E-state index contributed by atoms with van der Waals surface area (Å²) in [6, 6.07) is 3.42. The molecule has 0 unspecified atom stereocenters. The number of aliphatic imine (C=N–C) groups is 1. The predicted molar refractivity (Wildman–Crippen MR) is 117 cm³/mol. The Hall–Kier alpha value is -1.30. The third-order valence-electron chi connectivity index (χ3n) is 4.95. The minimum Gasteiger partial charge on any atom is -0.476 e. The zero-order valence-electron chi connectivity index (χ0n) is 16.5. The summed E-state index contributed by atoms with van der Waals surface area (Å²) in [6.45, 7) is 5.66. The first-order valence-electron chi connectivity index (χ1n) is 9.90. The average molecular weight is 527 g/mol. The van der Waals surface area contributed by atoms with Gasteiger partial charge >= 0.3 is 6.18 Å². The molecule has 1 aliphatic heterocycles. The first-order chi connectivity index (χ1) is 13.5. The summed E-state index contributed by atoms with van der Waals surface area (Å²) in [6.07, 6.45) is 1.28. The number of nitrogens with zero attached hydrogens (tertiary/aromatic N) is 3. The number of pyridine rings is 1. The topological polar surface area (TPSA) is 61.8 Å². The summed E-state index contributed by atoms with van der Waals surface area (Å²) < 4.78 is 43.0. The van der Waals surface area contributed by atoms with Gasteiger partial charge in [-0.3, -0.25) is 0 Å². The van der Waals surface area contributed by atoms with E-state index in [4.69, 9.17) is 4.74 Å². The molecule has 2 N–H and O–H groups in total. The van der Waals surface area contributed by atoms with Crippen molar-refractivity contribution in [3.8, 4) is 5.88 Å². The largest absolute Gasteiger partial charge is 0.476 e. The van der Waals surface area contributed by atoms with Crippen molar-refractivity contribution in [2.24, 2.45) is 4.99 Å². The molecule has 1 aliphatic carbocycles. The molecule has 0 atom stereocenters. The van der Waals surface area contributed by atoms with Gasteiger partial charge in [-0.1, -0.05) is 0 Å². The fraction of sp³-hybridized carbons (Fsp3) is 0.684. The lowest BCUT2D eigenvalue weighted by molar-refractivity contribution is -0.137. The summed E-state index contributed by atoms with van der Waals surface area (Å²) in [4.78, 5) is 10.8. The molecule has 0 bridgehead atoms. The molecule has 1 aromatic heterocycles. The quantitative estimate of drug-likeness (QED) is 0.247. The Morgan fingerprint density at radius 1 is 1.24 bits per heavy atom. The minimum absolute atomic E-state index is 0. The normalized spacial score (nSPS) is 18.8. The number of hydrogen-bond acceptors (Lipinski definition) is 4. The lowest BCUT2D eigenvalue weighted by atomic mass is 10.1. The zero-order valence-corrected chi connectivity index (χ0v) is 18.9. The molecular formula is C19H29F3IN5O. The highest BCUT2D eigenvalue weighted by Crippen LogP contribution is 2.30. The summed E-state index contributed by atoms with van der Waals surface area (Å²) >= 11 is 0. The van der Waals surface area contributed by atoms with Crippen LogP contribution in [0.1, 0.15) is 38.2 Å². The van der Waals surface area contributed by atoms with E-state index in [0.717, 1.165) is 56.7 Å². The molecule has 0 aromatic carbocycles. The van der Waals surface area contributed by atoms with Gasteiger partial charge in [0, 0.05) is 44.0 Å². The second-order valence-corrected chi connectivity index (χ2v) is 7.18. The highest BCUT2D eigenvalue weighted by atomic mass is 127. The number of guanidine groups is 1. The van der Waals surface area contributed by atoms with Crippen molar-refractivity contribution >= 4 is 29.9 Å². The van der Waals surface area contributed by atoms with Crippen molar-refractivity contribution < 1.29 is 17.9 Å². The summed E-state index contributed by atoms with van der Waals surface area (Å²) in [7, 11) is 0. The predicted octanol–water partition coefficient (Wildman–Crippen LogP) is 3.28. The van der Waals surface area contributed by atoms with Crippen LogP contribution in [0.25, 0.3) is 0 Å². The van der Waals surface area contributed by atoms with E-state index in [2.05, 4.69) is 25.5 Å². The van der Waals surface area contributed by atoms with Crippen LogP contribution in [0.2, 0.25) is 0 Å². The third kappa shape index (κ3) is 7.80. The molecule has 0 radical (unpaired) electrons. The molecule has 1 aromatic rings. The maximum Gasteiger partial charge on any atom is 0.417 e. The van der Waals surface area contributed by atoms with Crippen LogP contribution in [0.5, 0.6) is 5.88 Å². The molecule has 0 amide bonds. The summed E-state index contributed by atoms with van der Waals surface area (Å²) in [5.41, 5.74) is -0.788. The van der Waals surface area contributed by atoms with Gasteiger partial charge in [0.15, 0.2) is 5.96 Å². The lowest BCUT2D eigenvalue weighted by Crippen LogP contribution is -2.49. The first kappa shape index (κ1) is 24.0. The van der Waals surface area contributed by atoms with Crippen LogP contribution < -0.4 is 15.4 Å². The molecule has 0 spiro atoms. The van der Waals surface area contributed by atoms with Crippen LogP contribution in [0.3, 0.4) is 0 Å². The van der Waals surface area contributed by atoms with Gasteiger partial charge in [-0.25, -0.2) is 9.98 Å². The van der Waals surface area contributed by atoms with E-state index in [0.29, 0.717) is 12.6 Å². The molecule has 2 fully saturated rings. The van der Waals surface area contributed by atoms with E-state index in [1.807, 2.05) is 6.92 Å². The van der Waals surface area contributed by atoms with Crippen LogP contribution in [-0.4, -0.2) is 60.7 Å². The highest BCUT2D eigenvalue weighted by Gasteiger charge is 2.32. The molecule has 1 saturated heterocycles. The van der Waals surface area contributed by atoms with Gasteiger partial charge in [-0.05, 0) is 38.7 Å². The van der Waals surface area contributed by atoms with Gasteiger partial charge in [-0.2, -0.15) is 13.2 Å². The maximum absolute atomic E-state index is 12.5. The Kier molecular flexibility index (Phi) is 9.25. The van der Waals surface area contributed by atoms with Crippen LogP contribution in [0, 0.1) is 0 Å². The van der Waals surface area contributed by atoms with E-state index < -0.39 is 11.7 Å². The Bertz CT molecular complexity index is 644. The van der Waals surface area contributed by atoms with Crippen molar-refractivity contribution in [3.63, 3.8) is 0 Å². The van der Waals surface area contributed by atoms with E-state index >= 15 is 0 Å². The number of ether oxygens (including phenoxy) is 1. The van der Waals surface area contributed by atoms with Gasteiger partial charge in [0.1, 0.15) is 6.61 Å². The maximum atomic E-state index is 12.5. The van der Waals surface area contributed by atoms with Crippen molar-refractivity contribution in [1.82, 2.24) is 20.5 Å². The second kappa shape index (κ2) is 11.2. The van der Waals surface area contributed by atoms with E-state index in [1.54, 1.807) is 0 Å².